The lowest BCUT2D eigenvalue weighted by Gasteiger charge is -1.97. The molecule has 2 aromatic rings. The van der Waals surface area contributed by atoms with Gasteiger partial charge in [0, 0.05) is 17.5 Å². The SMILES string of the molecule is CNCc1nc(-c2cccc(C)c2)cs1. The highest BCUT2D eigenvalue weighted by Gasteiger charge is 2.03. The largest absolute Gasteiger partial charge is 0.314 e. The molecule has 2 rings (SSSR count). The Morgan fingerprint density at radius 3 is 3.00 bits per heavy atom. The van der Waals surface area contributed by atoms with Gasteiger partial charge in [-0.2, -0.15) is 0 Å². The van der Waals surface area contributed by atoms with Crippen molar-refractivity contribution in [3.8, 4) is 11.3 Å². The molecule has 0 amide bonds. The van der Waals surface area contributed by atoms with Crippen LogP contribution in [0, 0.1) is 6.92 Å². The summed E-state index contributed by atoms with van der Waals surface area (Å²) in [6.07, 6.45) is 0. The molecule has 3 heteroatoms. The summed E-state index contributed by atoms with van der Waals surface area (Å²) < 4.78 is 0. The molecule has 15 heavy (non-hydrogen) atoms. The number of benzene rings is 1. The molecule has 0 unspecified atom stereocenters. The van der Waals surface area contributed by atoms with E-state index in [1.54, 1.807) is 11.3 Å². The Bertz CT molecular complexity index is 448. The monoisotopic (exact) mass is 218 g/mol. The Morgan fingerprint density at radius 1 is 1.40 bits per heavy atom. The van der Waals surface area contributed by atoms with E-state index in [9.17, 15) is 0 Å². The maximum Gasteiger partial charge on any atom is 0.107 e. The zero-order valence-electron chi connectivity index (χ0n) is 8.95. The standard InChI is InChI=1S/C12H14N2S/c1-9-4-3-5-10(6-9)11-8-15-12(14-11)7-13-2/h3-6,8,13H,7H2,1-2H3. The Balaban J connectivity index is 2.29. The molecule has 0 bridgehead atoms. The van der Waals surface area contributed by atoms with Gasteiger partial charge in [-0.05, 0) is 20.0 Å². The van der Waals surface area contributed by atoms with E-state index < -0.39 is 0 Å². The smallest absolute Gasteiger partial charge is 0.107 e. The van der Waals surface area contributed by atoms with Crippen molar-refractivity contribution < 1.29 is 0 Å². The number of rotatable bonds is 3. The maximum absolute atomic E-state index is 4.57. The zero-order valence-corrected chi connectivity index (χ0v) is 9.77. The molecule has 0 radical (unpaired) electrons. The first-order valence-electron chi connectivity index (χ1n) is 4.95. The fourth-order valence-electron chi connectivity index (χ4n) is 1.48. The van der Waals surface area contributed by atoms with Gasteiger partial charge in [0.1, 0.15) is 5.01 Å². The number of nitrogens with zero attached hydrogens (tertiary/aromatic N) is 1. The van der Waals surface area contributed by atoms with Crippen molar-refractivity contribution in [3.63, 3.8) is 0 Å². The van der Waals surface area contributed by atoms with Gasteiger partial charge in [-0.1, -0.05) is 23.8 Å². The van der Waals surface area contributed by atoms with Crippen molar-refractivity contribution in [2.24, 2.45) is 0 Å². The minimum absolute atomic E-state index is 0.844. The summed E-state index contributed by atoms with van der Waals surface area (Å²) in [5.74, 6) is 0. The first-order valence-corrected chi connectivity index (χ1v) is 5.83. The molecule has 1 heterocycles. The van der Waals surface area contributed by atoms with Crippen LogP contribution in [0.3, 0.4) is 0 Å². The van der Waals surface area contributed by atoms with Crippen LogP contribution in [0.15, 0.2) is 29.6 Å². The first-order chi connectivity index (χ1) is 7.29. The van der Waals surface area contributed by atoms with E-state index in [1.807, 2.05) is 7.05 Å². The second kappa shape index (κ2) is 4.55. The molecular weight excluding hydrogens is 204 g/mol. The topological polar surface area (TPSA) is 24.9 Å². The van der Waals surface area contributed by atoms with Gasteiger partial charge in [0.15, 0.2) is 0 Å². The van der Waals surface area contributed by atoms with Gasteiger partial charge in [-0.15, -0.1) is 11.3 Å². The summed E-state index contributed by atoms with van der Waals surface area (Å²) in [5, 5.41) is 6.35. The van der Waals surface area contributed by atoms with Crippen molar-refractivity contribution >= 4 is 11.3 Å². The van der Waals surface area contributed by atoms with Crippen LogP contribution in [0.5, 0.6) is 0 Å². The molecule has 1 aromatic heterocycles. The highest BCUT2D eigenvalue weighted by molar-refractivity contribution is 7.09. The van der Waals surface area contributed by atoms with Crippen molar-refractivity contribution in [3.05, 3.63) is 40.2 Å². The fourth-order valence-corrected chi connectivity index (χ4v) is 2.30. The highest BCUT2D eigenvalue weighted by atomic mass is 32.1. The van der Waals surface area contributed by atoms with E-state index in [4.69, 9.17) is 0 Å². The number of hydrogen-bond donors (Lipinski definition) is 1. The predicted molar refractivity (Wildman–Crippen MR) is 65.1 cm³/mol. The number of hydrogen-bond acceptors (Lipinski definition) is 3. The molecule has 2 nitrogen and oxygen atoms in total. The maximum atomic E-state index is 4.57. The van der Waals surface area contributed by atoms with E-state index in [-0.39, 0.29) is 0 Å². The average molecular weight is 218 g/mol. The second-order valence-corrected chi connectivity index (χ2v) is 4.47. The molecule has 0 spiro atoms. The van der Waals surface area contributed by atoms with Crippen LogP contribution in [0.1, 0.15) is 10.6 Å². The third kappa shape index (κ3) is 2.43. The fraction of sp³-hybridized carbons (Fsp3) is 0.250. The third-order valence-electron chi connectivity index (χ3n) is 2.19. The Morgan fingerprint density at radius 2 is 2.27 bits per heavy atom. The Kier molecular flexibility index (Phi) is 3.14. The summed E-state index contributed by atoms with van der Waals surface area (Å²) in [5.41, 5.74) is 3.55. The molecular formula is C12H14N2S. The predicted octanol–water partition coefficient (Wildman–Crippen LogP) is 2.84. The Labute approximate surface area is 94.0 Å². The third-order valence-corrected chi connectivity index (χ3v) is 3.04. The first kappa shape index (κ1) is 10.3. The lowest BCUT2D eigenvalue weighted by molar-refractivity contribution is 0.811. The number of aromatic nitrogens is 1. The molecule has 0 aliphatic carbocycles. The normalized spacial score (nSPS) is 10.5. The van der Waals surface area contributed by atoms with Gasteiger partial charge in [0.25, 0.3) is 0 Å². The van der Waals surface area contributed by atoms with Crippen LogP contribution in [-0.4, -0.2) is 12.0 Å². The van der Waals surface area contributed by atoms with Gasteiger partial charge in [-0.25, -0.2) is 4.98 Å². The lowest BCUT2D eigenvalue weighted by Crippen LogP contribution is -2.04. The van der Waals surface area contributed by atoms with E-state index in [0.29, 0.717) is 0 Å². The molecule has 78 valence electrons. The quantitative estimate of drug-likeness (QED) is 0.857. The van der Waals surface area contributed by atoms with Gasteiger partial charge < -0.3 is 5.32 Å². The molecule has 0 saturated carbocycles. The minimum atomic E-state index is 0.844. The Hall–Kier alpha value is -1.19. The van der Waals surface area contributed by atoms with Crippen LogP contribution >= 0.6 is 11.3 Å². The van der Waals surface area contributed by atoms with Crippen LogP contribution in [-0.2, 0) is 6.54 Å². The average Bonchev–Trinajstić information content (AvgIpc) is 2.67. The van der Waals surface area contributed by atoms with Crippen LogP contribution in [0.25, 0.3) is 11.3 Å². The van der Waals surface area contributed by atoms with E-state index >= 15 is 0 Å². The molecule has 0 aliphatic heterocycles. The zero-order chi connectivity index (χ0) is 10.7. The number of aryl methyl sites for hydroxylation is 1. The molecule has 0 fully saturated rings. The molecule has 1 aromatic carbocycles. The van der Waals surface area contributed by atoms with Crippen molar-refractivity contribution in [1.29, 1.82) is 0 Å². The molecule has 0 atom stereocenters. The minimum Gasteiger partial charge on any atom is -0.314 e. The lowest BCUT2D eigenvalue weighted by atomic mass is 10.1. The summed E-state index contributed by atoms with van der Waals surface area (Å²) in [4.78, 5) is 4.57. The van der Waals surface area contributed by atoms with E-state index in [0.717, 1.165) is 17.2 Å². The van der Waals surface area contributed by atoms with Gasteiger partial charge in [0.05, 0.1) is 5.69 Å². The van der Waals surface area contributed by atoms with E-state index in [1.165, 1.54) is 11.1 Å². The summed E-state index contributed by atoms with van der Waals surface area (Å²) in [6, 6.07) is 8.44. The summed E-state index contributed by atoms with van der Waals surface area (Å²) in [7, 11) is 1.94. The van der Waals surface area contributed by atoms with Gasteiger partial charge in [-0.3, -0.25) is 0 Å². The number of nitrogens with one attached hydrogen (secondary N) is 1. The summed E-state index contributed by atoms with van der Waals surface area (Å²) in [6.45, 7) is 2.95. The van der Waals surface area contributed by atoms with Crippen LogP contribution < -0.4 is 5.32 Å². The second-order valence-electron chi connectivity index (χ2n) is 3.53. The molecule has 1 N–H and O–H groups in total. The van der Waals surface area contributed by atoms with Crippen LogP contribution in [0.4, 0.5) is 0 Å². The van der Waals surface area contributed by atoms with E-state index in [2.05, 4.69) is 46.9 Å². The van der Waals surface area contributed by atoms with Crippen molar-refractivity contribution in [1.82, 2.24) is 10.3 Å². The van der Waals surface area contributed by atoms with Crippen molar-refractivity contribution in [2.75, 3.05) is 7.05 Å². The number of thiazole rings is 1. The molecule has 0 aliphatic rings. The van der Waals surface area contributed by atoms with Gasteiger partial charge in [0.2, 0.25) is 0 Å². The summed E-state index contributed by atoms with van der Waals surface area (Å²) >= 11 is 1.70. The van der Waals surface area contributed by atoms with Crippen molar-refractivity contribution in [2.45, 2.75) is 13.5 Å². The van der Waals surface area contributed by atoms with Crippen LogP contribution in [0.2, 0.25) is 0 Å². The highest BCUT2D eigenvalue weighted by Crippen LogP contribution is 2.22. The molecule has 0 saturated heterocycles. The van der Waals surface area contributed by atoms with Gasteiger partial charge >= 0.3 is 0 Å².